The molecule has 1 aromatic rings. The number of benzene rings is 1. The lowest BCUT2D eigenvalue weighted by Crippen LogP contribution is -2.52. The maximum absolute atomic E-state index is 10.1. The molecule has 5 nitrogen and oxygen atoms in total. The minimum Gasteiger partial charge on any atom is -0.508 e. The highest BCUT2D eigenvalue weighted by Crippen LogP contribution is 2.43. The topological polar surface area (TPSA) is 57.2 Å². The van der Waals surface area contributed by atoms with E-state index in [-0.39, 0.29) is 18.5 Å². The van der Waals surface area contributed by atoms with Crippen molar-refractivity contribution < 1.29 is 24.1 Å². The highest BCUT2D eigenvalue weighted by molar-refractivity contribution is 5.48. The van der Waals surface area contributed by atoms with Crippen molar-refractivity contribution in [2.24, 2.45) is 0 Å². The van der Waals surface area contributed by atoms with Crippen LogP contribution in [-0.4, -0.2) is 43.4 Å². The summed E-state index contributed by atoms with van der Waals surface area (Å²) in [6.45, 7) is 3.99. The molecule has 1 fully saturated rings. The lowest BCUT2D eigenvalue weighted by Gasteiger charge is -2.41. The van der Waals surface area contributed by atoms with Gasteiger partial charge in [-0.3, -0.25) is 0 Å². The largest absolute Gasteiger partial charge is 0.508 e. The van der Waals surface area contributed by atoms with Crippen molar-refractivity contribution in [3.8, 4) is 11.5 Å². The summed E-state index contributed by atoms with van der Waals surface area (Å²) in [5.41, 5.74) is 1.35. The summed E-state index contributed by atoms with van der Waals surface area (Å²) in [7, 11) is 3.33. The first-order chi connectivity index (χ1) is 10.5. The Morgan fingerprint density at radius 1 is 1.27 bits per heavy atom. The average molecular weight is 308 g/mol. The molecule has 2 aliphatic heterocycles. The van der Waals surface area contributed by atoms with E-state index in [9.17, 15) is 5.11 Å². The molecule has 2 aliphatic rings. The molecule has 1 N–H and O–H groups in total. The van der Waals surface area contributed by atoms with Gasteiger partial charge in [0.1, 0.15) is 23.2 Å². The Bertz CT molecular complexity index is 558. The first-order valence-corrected chi connectivity index (χ1v) is 7.69. The molecule has 4 atom stereocenters. The molecule has 0 saturated carbocycles. The van der Waals surface area contributed by atoms with Crippen LogP contribution in [0.15, 0.2) is 12.1 Å². The molecule has 0 unspecified atom stereocenters. The summed E-state index contributed by atoms with van der Waals surface area (Å²) in [6, 6.07) is 3.74. The third-order valence-corrected chi connectivity index (χ3v) is 4.77. The molecular weight excluding hydrogens is 284 g/mol. The minimum absolute atomic E-state index is 0.0603. The van der Waals surface area contributed by atoms with Crippen molar-refractivity contribution in [2.75, 3.05) is 14.2 Å². The number of hydrogen-bond acceptors (Lipinski definition) is 5. The Hall–Kier alpha value is -1.30. The molecular formula is C17H24O5. The number of methoxy groups -OCH3 is 2. The zero-order valence-electron chi connectivity index (χ0n) is 13.6. The Labute approximate surface area is 131 Å². The maximum Gasteiger partial charge on any atom is 0.160 e. The lowest BCUT2D eigenvalue weighted by molar-refractivity contribution is -0.171. The second-order valence-electron chi connectivity index (χ2n) is 6.41. The fourth-order valence-electron chi connectivity index (χ4n) is 3.51. The number of phenols is 1. The number of fused-ring (bicyclic) bond motifs is 1. The van der Waals surface area contributed by atoms with E-state index in [2.05, 4.69) is 0 Å². The second-order valence-corrected chi connectivity index (χ2v) is 6.41. The van der Waals surface area contributed by atoms with E-state index in [4.69, 9.17) is 18.9 Å². The lowest BCUT2D eigenvalue weighted by atomic mass is 9.85. The van der Waals surface area contributed by atoms with Gasteiger partial charge in [0, 0.05) is 26.2 Å². The number of hydrogen-bond donors (Lipinski definition) is 1. The van der Waals surface area contributed by atoms with Crippen LogP contribution in [-0.2, 0) is 20.6 Å². The molecule has 2 heterocycles. The molecule has 0 amide bonds. The van der Waals surface area contributed by atoms with Gasteiger partial charge in [-0.2, -0.15) is 0 Å². The summed E-state index contributed by atoms with van der Waals surface area (Å²) in [6.07, 6.45) is 1.70. The monoisotopic (exact) mass is 308 g/mol. The van der Waals surface area contributed by atoms with Crippen LogP contribution in [0.2, 0.25) is 0 Å². The van der Waals surface area contributed by atoms with Crippen molar-refractivity contribution in [1.29, 1.82) is 0 Å². The highest BCUT2D eigenvalue weighted by atomic mass is 16.7. The van der Waals surface area contributed by atoms with E-state index in [1.54, 1.807) is 20.3 Å². The van der Waals surface area contributed by atoms with Crippen LogP contribution in [0.4, 0.5) is 0 Å². The molecule has 0 spiro atoms. The van der Waals surface area contributed by atoms with Gasteiger partial charge in [0.15, 0.2) is 6.29 Å². The van der Waals surface area contributed by atoms with Crippen LogP contribution in [0.5, 0.6) is 11.5 Å². The standard InChI is InChI=1S/C17H24O5/c1-10-7-12(18)11-5-6-17(2,22-13(11)8-10)16-14(19-3)9-15(20-4)21-16/h7-8,14-16,18H,5-6,9H2,1-4H3/t14-,15+,16+,17+/m0/s1. The zero-order chi connectivity index (χ0) is 15.9. The van der Waals surface area contributed by atoms with Gasteiger partial charge in [-0.05, 0) is 44.4 Å². The molecule has 3 rings (SSSR count). The van der Waals surface area contributed by atoms with E-state index in [1.807, 2.05) is 19.9 Å². The van der Waals surface area contributed by atoms with Gasteiger partial charge < -0.3 is 24.1 Å². The number of ether oxygens (including phenoxy) is 4. The normalized spacial score (nSPS) is 34.3. The number of aromatic hydroxyl groups is 1. The smallest absolute Gasteiger partial charge is 0.160 e. The van der Waals surface area contributed by atoms with E-state index in [1.165, 1.54) is 0 Å². The number of phenolic OH excluding ortho intramolecular Hbond substituents is 1. The zero-order valence-corrected chi connectivity index (χ0v) is 13.6. The third kappa shape index (κ3) is 2.57. The molecule has 0 aliphatic carbocycles. The first-order valence-electron chi connectivity index (χ1n) is 7.69. The number of aryl methyl sites for hydroxylation is 1. The third-order valence-electron chi connectivity index (χ3n) is 4.77. The molecule has 122 valence electrons. The maximum atomic E-state index is 10.1. The van der Waals surface area contributed by atoms with Gasteiger partial charge in [-0.1, -0.05) is 0 Å². The molecule has 0 aromatic heterocycles. The minimum atomic E-state index is -0.499. The van der Waals surface area contributed by atoms with Crippen molar-refractivity contribution in [2.45, 2.75) is 57.2 Å². The highest BCUT2D eigenvalue weighted by Gasteiger charge is 2.50. The van der Waals surface area contributed by atoms with Crippen LogP contribution < -0.4 is 4.74 Å². The molecule has 0 bridgehead atoms. The van der Waals surface area contributed by atoms with E-state index >= 15 is 0 Å². The van der Waals surface area contributed by atoms with Crippen LogP contribution in [0, 0.1) is 6.92 Å². The summed E-state index contributed by atoms with van der Waals surface area (Å²) >= 11 is 0. The van der Waals surface area contributed by atoms with Gasteiger partial charge >= 0.3 is 0 Å². The van der Waals surface area contributed by atoms with Crippen molar-refractivity contribution in [3.05, 3.63) is 23.3 Å². The van der Waals surface area contributed by atoms with Crippen molar-refractivity contribution in [1.82, 2.24) is 0 Å². The summed E-state index contributed by atoms with van der Waals surface area (Å²) < 4.78 is 23.2. The van der Waals surface area contributed by atoms with Gasteiger partial charge in [0.2, 0.25) is 0 Å². The average Bonchev–Trinajstić information content (AvgIpc) is 2.90. The molecule has 1 aromatic carbocycles. The quantitative estimate of drug-likeness (QED) is 0.930. The predicted molar refractivity (Wildman–Crippen MR) is 81.3 cm³/mol. The van der Waals surface area contributed by atoms with E-state index in [0.29, 0.717) is 12.2 Å². The molecule has 22 heavy (non-hydrogen) atoms. The fourth-order valence-corrected chi connectivity index (χ4v) is 3.51. The molecule has 5 heteroatoms. The fraction of sp³-hybridized carbons (Fsp3) is 0.647. The summed E-state index contributed by atoms with van der Waals surface area (Å²) in [5.74, 6) is 1.05. The molecule has 1 saturated heterocycles. The van der Waals surface area contributed by atoms with Crippen LogP contribution >= 0.6 is 0 Å². The Morgan fingerprint density at radius 2 is 2.05 bits per heavy atom. The Balaban J connectivity index is 1.88. The van der Waals surface area contributed by atoms with Crippen LogP contribution in [0.25, 0.3) is 0 Å². The van der Waals surface area contributed by atoms with Gasteiger partial charge in [-0.25, -0.2) is 0 Å². The summed E-state index contributed by atoms with van der Waals surface area (Å²) in [5, 5.41) is 10.1. The predicted octanol–water partition coefficient (Wildman–Crippen LogP) is 2.56. The summed E-state index contributed by atoms with van der Waals surface area (Å²) in [4.78, 5) is 0. The Morgan fingerprint density at radius 3 is 2.73 bits per heavy atom. The van der Waals surface area contributed by atoms with E-state index in [0.717, 1.165) is 29.7 Å². The molecule has 0 radical (unpaired) electrons. The van der Waals surface area contributed by atoms with Crippen LogP contribution in [0.1, 0.15) is 30.9 Å². The first kappa shape index (κ1) is 15.6. The SMILES string of the molecule is CO[C@H]1C[C@H](OC)[C@H]([C@@]2(C)CCc3c(O)cc(C)cc3O2)O1. The van der Waals surface area contributed by atoms with Gasteiger partial charge in [-0.15, -0.1) is 0 Å². The number of rotatable bonds is 3. The van der Waals surface area contributed by atoms with Gasteiger partial charge in [0.05, 0.1) is 6.10 Å². The van der Waals surface area contributed by atoms with Crippen molar-refractivity contribution in [3.63, 3.8) is 0 Å². The van der Waals surface area contributed by atoms with Gasteiger partial charge in [0.25, 0.3) is 0 Å². The van der Waals surface area contributed by atoms with E-state index < -0.39 is 5.60 Å². The van der Waals surface area contributed by atoms with Crippen molar-refractivity contribution >= 4 is 0 Å². The van der Waals surface area contributed by atoms with Crippen LogP contribution in [0.3, 0.4) is 0 Å². The second kappa shape index (κ2) is 5.72. The Kier molecular flexibility index (Phi) is 4.05.